The van der Waals surface area contributed by atoms with Crippen LogP contribution in [0.2, 0.25) is 0 Å². The molecule has 4 nitrogen and oxygen atoms in total. The number of alkyl halides is 3. The molecule has 0 aromatic carbocycles. The predicted octanol–water partition coefficient (Wildman–Crippen LogP) is 1.16. The largest absolute Gasteiger partial charge is 0.411 e. The molecule has 0 amide bonds. The van der Waals surface area contributed by atoms with E-state index in [9.17, 15) is 18.0 Å². The summed E-state index contributed by atoms with van der Waals surface area (Å²) >= 11 is 0. The first-order valence-corrected chi connectivity index (χ1v) is 4.76. The van der Waals surface area contributed by atoms with E-state index < -0.39 is 12.8 Å². The molecule has 16 heavy (non-hydrogen) atoms. The SMILES string of the molecule is Cn1ccn(CCCOCC(F)(F)F)c1=O. The summed E-state index contributed by atoms with van der Waals surface area (Å²) in [6.45, 7) is -0.894. The number of imidazole rings is 1. The first-order valence-electron chi connectivity index (χ1n) is 4.76. The van der Waals surface area contributed by atoms with E-state index in [0.717, 1.165) is 0 Å². The van der Waals surface area contributed by atoms with Crippen molar-refractivity contribution in [3.8, 4) is 0 Å². The van der Waals surface area contributed by atoms with Gasteiger partial charge in [0.15, 0.2) is 0 Å². The van der Waals surface area contributed by atoms with Crippen molar-refractivity contribution < 1.29 is 17.9 Å². The summed E-state index contributed by atoms with van der Waals surface area (Å²) in [5.74, 6) is 0. The molecule has 7 heteroatoms. The van der Waals surface area contributed by atoms with Crippen LogP contribution in [-0.4, -0.2) is 28.5 Å². The molecule has 0 saturated heterocycles. The highest BCUT2D eigenvalue weighted by atomic mass is 19.4. The Morgan fingerprint density at radius 1 is 1.38 bits per heavy atom. The van der Waals surface area contributed by atoms with Crippen molar-refractivity contribution in [1.29, 1.82) is 0 Å². The lowest BCUT2D eigenvalue weighted by Crippen LogP contribution is -2.23. The number of nitrogens with zero attached hydrogens (tertiary/aromatic N) is 2. The summed E-state index contributed by atoms with van der Waals surface area (Å²) in [6, 6.07) is 0. The average molecular weight is 238 g/mol. The second-order valence-corrected chi connectivity index (χ2v) is 3.41. The normalized spacial score (nSPS) is 12.0. The summed E-state index contributed by atoms with van der Waals surface area (Å²) < 4.78 is 42.3. The van der Waals surface area contributed by atoms with E-state index in [2.05, 4.69) is 4.74 Å². The maximum atomic E-state index is 11.7. The van der Waals surface area contributed by atoms with Gasteiger partial charge in [0.1, 0.15) is 6.61 Å². The van der Waals surface area contributed by atoms with Crippen LogP contribution in [0.5, 0.6) is 0 Å². The second-order valence-electron chi connectivity index (χ2n) is 3.41. The van der Waals surface area contributed by atoms with Crippen molar-refractivity contribution in [2.75, 3.05) is 13.2 Å². The molecule has 1 aromatic heterocycles. The maximum Gasteiger partial charge on any atom is 0.411 e. The molecule has 0 fully saturated rings. The number of rotatable bonds is 5. The molecular formula is C9H13F3N2O2. The summed E-state index contributed by atoms with van der Waals surface area (Å²) in [6.07, 6.45) is -0.728. The third kappa shape index (κ3) is 4.09. The molecule has 0 spiro atoms. The molecule has 92 valence electrons. The van der Waals surface area contributed by atoms with Gasteiger partial charge in [0.05, 0.1) is 0 Å². The number of hydrogen-bond donors (Lipinski definition) is 0. The minimum absolute atomic E-state index is 0.0131. The van der Waals surface area contributed by atoms with Gasteiger partial charge in [-0.15, -0.1) is 0 Å². The zero-order valence-corrected chi connectivity index (χ0v) is 8.83. The topological polar surface area (TPSA) is 36.2 Å². The first-order chi connectivity index (χ1) is 7.40. The van der Waals surface area contributed by atoms with Gasteiger partial charge in [-0.05, 0) is 6.42 Å². The lowest BCUT2D eigenvalue weighted by atomic mass is 10.4. The van der Waals surface area contributed by atoms with E-state index in [1.54, 1.807) is 19.4 Å². The van der Waals surface area contributed by atoms with Crippen LogP contribution in [0.15, 0.2) is 17.2 Å². The number of halogens is 3. The van der Waals surface area contributed by atoms with E-state index in [1.807, 2.05) is 0 Å². The quantitative estimate of drug-likeness (QED) is 0.721. The summed E-state index contributed by atoms with van der Waals surface area (Å²) in [5.41, 5.74) is -0.184. The fraction of sp³-hybridized carbons (Fsp3) is 0.667. The highest BCUT2D eigenvalue weighted by Gasteiger charge is 2.27. The molecule has 1 rings (SSSR count). The highest BCUT2D eigenvalue weighted by molar-refractivity contribution is 4.79. The Hall–Kier alpha value is -1.24. The van der Waals surface area contributed by atoms with Crippen LogP contribution in [-0.2, 0) is 18.3 Å². The van der Waals surface area contributed by atoms with Crippen LogP contribution in [0.1, 0.15) is 6.42 Å². The monoisotopic (exact) mass is 238 g/mol. The smallest absolute Gasteiger partial charge is 0.372 e. The van der Waals surface area contributed by atoms with Gasteiger partial charge < -0.3 is 9.30 Å². The summed E-state index contributed by atoms with van der Waals surface area (Å²) in [7, 11) is 1.61. The minimum Gasteiger partial charge on any atom is -0.372 e. The molecule has 0 N–H and O–H groups in total. The summed E-state index contributed by atoms with van der Waals surface area (Å²) in [5, 5.41) is 0. The molecule has 0 unspecified atom stereocenters. The van der Waals surface area contributed by atoms with Gasteiger partial charge in [-0.1, -0.05) is 0 Å². The van der Waals surface area contributed by atoms with Crippen LogP contribution in [0, 0.1) is 0 Å². The maximum absolute atomic E-state index is 11.7. The number of ether oxygens (including phenoxy) is 1. The van der Waals surface area contributed by atoms with Gasteiger partial charge >= 0.3 is 11.9 Å². The Morgan fingerprint density at radius 2 is 2.06 bits per heavy atom. The van der Waals surface area contributed by atoms with Gasteiger partial charge in [0, 0.05) is 32.6 Å². The van der Waals surface area contributed by atoms with Crippen LogP contribution in [0.3, 0.4) is 0 Å². The lowest BCUT2D eigenvalue weighted by Gasteiger charge is -2.07. The van der Waals surface area contributed by atoms with Crippen molar-refractivity contribution in [3.63, 3.8) is 0 Å². The fourth-order valence-corrected chi connectivity index (χ4v) is 1.21. The molecule has 1 heterocycles. The highest BCUT2D eigenvalue weighted by Crippen LogP contribution is 2.14. The van der Waals surface area contributed by atoms with E-state index in [4.69, 9.17) is 0 Å². The van der Waals surface area contributed by atoms with Crippen LogP contribution < -0.4 is 5.69 Å². The number of aromatic nitrogens is 2. The Labute approximate surface area is 90.2 Å². The standard InChI is InChI=1S/C9H13F3N2O2/c1-13-4-5-14(8(13)15)3-2-6-16-7-9(10,11)12/h4-5H,2-3,6-7H2,1H3. The number of hydrogen-bond acceptors (Lipinski definition) is 2. The van der Waals surface area contributed by atoms with Gasteiger partial charge in [-0.2, -0.15) is 13.2 Å². The molecule has 0 bridgehead atoms. The van der Waals surface area contributed by atoms with E-state index in [0.29, 0.717) is 13.0 Å². The Balaban J connectivity index is 2.22. The Bertz CT molecular complexity index is 381. The third-order valence-corrected chi connectivity index (χ3v) is 1.97. The predicted molar refractivity (Wildman–Crippen MR) is 51.2 cm³/mol. The second kappa shape index (κ2) is 5.20. The molecule has 0 aliphatic rings. The van der Waals surface area contributed by atoms with Crippen molar-refractivity contribution >= 4 is 0 Å². The van der Waals surface area contributed by atoms with Gasteiger partial charge in [-0.3, -0.25) is 4.57 Å². The first kappa shape index (κ1) is 12.8. The molecule has 0 saturated carbocycles. The Morgan fingerprint density at radius 3 is 2.56 bits per heavy atom. The van der Waals surface area contributed by atoms with E-state index in [1.165, 1.54) is 9.13 Å². The molecular weight excluding hydrogens is 225 g/mol. The average Bonchev–Trinajstić information content (AvgIpc) is 2.47. The fourth-order valence-electron chi connectivity index (χ4n) is 1.21. The molecule has 1 aromatic rings. The van der Waals surface area contributed by atoms with E-state index >= 15 is 0 Å². The van der Waals surface area contributed by atoms with Crippen LogP contribution in [0.4, 0.5) is 13.2 Å². The van der Waals surface area contributed by atoms with Gasteiger partial charge in [-0.25, -0.2) is 4.79 Å². The minimum atomic E-state index is -4.29. The summed E-state index contributed by atoms with van der Waals surface area (Å²) in [4.78, 5) is 11.3. The zero-order chi connectivity index (χ0) is 12.2. The van der Waals surface area contributed by atoms with Crippen molar-refractivity contribution in [2.24, 2.45) is 7.05 Å². The van der Waals surface area contributed by atoms with Crippen LogP contribution in [0.25, 0.3) is 0 Å². The van der Waals surface area contributed by atoms with Gasteiger partial charge in [0.25, 0.3) is 0 Å². The molecule has 0 atom stereocenters. The molecule has 0 aliphatic heterocycles. The van der Waals surface area contributed by atoms with Crippen molar-refractivity contribution in [3.05, 3.63) is 22.9 Å². The third-order valence-electron chi connectivity index (χ3n) is 1.97. The van der Waals surface area contributed by atoms with E-state index in [-0.39, 0.29) is 12.3 Å². The lowest BCUT2D eigenvalue weighted by molar-refractivity contribution is -0.174. The molecule has 0 radical (unpaired) electrons. The van der Waals surface area contributed by atoms with Crippen molar-refractivity contribution in [2.45, 2.75) is 19.1 Å². The molecule has 0 aliphatic carbocycles. The van der Waals surface area contributed by atoms with Crippen molar-refractivity contribution in [1.82, 2.24) is 9.13 Å². The zero-order valence-electron chi connectivity index (χ0n) is 8.83. The van der Waals surface area contributed by atoms with Crippen LogP contribution >= 0.6 is 0 Å². The number of aryl methyl sites for hydroxylation is 2. The van der Waals surface area contributed by atoms with Gasteiger partial charge in [0.2, 0.25) is 0 Å². The Kier molecular flexibility index (Phi) is 4.17.